The highest BCUT2D eigenvalue weighted by Gasteiger charge is 2.02. The van der Waals surface area contributed by atoms with Crippen molar-refractivity contribution in [2.45, 2.75) is 13.1 Å². The molecule has 1 aromatic heterocycles. The molecule has 0 saturated heterocycles. The summed E-state index contributed by atoms with van der Waals surface area (Å²) in [5, 5.41) is 9.82. The lowest BCUT2D eigenvalue weighted by Gasteiger charge is -2.08. The summed E-state index contributed by atoms with van der Waals surface area (Å²) in [6.45, 7) is 1.23. The fourth-order valence-corrected chi connectivity index (χ4v) is 2.22. The Balaban J connectivity index is 1.49. The largest absolute Gasteiger partial charge is 0.334 e. The molecule has 0 spiro atoms. The van der Waals surface area contributed by atoms with E-state index in [-0.39, 0.29) is 6.03 Å². The van der Waals surface area contributed by atoms with Crippen molar-refractivity contribution < 1.29 is 4.79 Å². The molecule has 0 aliphatic carbocycles. The molecule has 2 amide bonds. The van der Waals surface area contributed by atoms with Gasteiger partial charge in [-0.05, 0) is 29.3 Å². The molecule has 0 saturated carbocycles. The van der Waals surface area contributed by atoms with E-state index in [1.807, 2.05) is 71.5 Å². The fraction of sp³-hybridized carbons (Fsp3) is 0.111. The van der Waals surface area contributed by atoms with E-state index in [4.69, 9.17) is 0 Å². The van der Waals surface area contributed by atoms with Crippen molar-refractivity contribution in [2.24, 2.45) is 0 Å². The van der Waals surface area contributed by atoms with Crippen LogP contribution in [0.1, 0.15) is 11.1 Å². The molecule has 0 aliphatic heterocycles. The average molecular weight is 306 g/mol. The number of nitrogens with one attached hydrogen (secondary N) is 2. The maximum Gasteiger partial charge on any atom is 0.319 e. The number of hydrogen-bond donors (Lipinski definition) is 2. The highest BCUT2D eigenvalue weighted by molar-refractivity contribution is 5.89. The lowest BCUT2D eigenvalue weighted by atomic mass is 10.1. The summed E-state index contributed by atoms with van der Waals surface area (Å²) >= 11 is 0. The van der Waals surface area contributed by atoms with Gasteiger partial charge in [0.15, 0.2) is 0 Å². The van der Waals surface area contributed by atoms with Gasteiger partial charge in [0.2, 0.25) is 0 Å². The van der Waals surface area contributed by atoms with E-state index in [0.29, 0.717) is 6.54 Å². The highest BCUT2D eigenvalue weighted by Crippen LogP contribution is 2.07. The molecular weight excluding hydrogens is 288 g/mol. The molecular formula is C18H18N4O. The maximum atomic E-state index is 11.8. The molecule has 2 aromatic carbocycles. The van der Waals surface area contributed by atoms with Gasteiger partial charge in [-0.15, -0.1) is 0 Å². The Labute approximate surface area is 135 Å². The van der Waals surface area contributed by atoms with Crippen LogP contribution in [0.2, 0.25) is 0 Å². The average Bonchev–Trinajstić information content (AvgIpc) is 3.08. The Morgan fingerprint density at radius 1 is 0.957 bits per heavy atom. The second kappa shape index (κ2) is 7.26. The van der Waals surface area contributed by atoms with E-state index in [9.17, 15) is 4.79 Å². The number of anilines is 1. The number of carbonyl (C=O) groups excluding carboxylic acids is 1. The van der Waals surface area contributed by atoms with Crippen molar-refractivity contribution in [3.8, 4) is 0 Å². The number of aromatic nitrogens is 2. The maximum absolute atomic E-state index is 11.8. The van der Waals surface area contributed by atoms with Gasteiger partial charge in [0, 0.05) is 24.6 Å². The summed E-state index contributed by atoms with van der Waals surface area (Å²) in [5.74, 6) is 0. The number of amides is 2. The zero-order valence-corrected chi connectivity index (χ0v) is 12.6. The fourth-order valence-electron chi connectivity index (χ4n) is 2.22. The number of nitrogens with zero attached hydrogens (tertiary/aromatic N) is 2. The summed E-state index contributed by atoms with van der Waals surface area (Å²) in [6, 6.07) is 19.2. The van der Waals surface area contributed by atoms with Crippen LogP contribution in [0.5, 0.6) is 0 Å². The molecule has 0 atom stereocenters. The van der Waals surface area contributed by atoms with E-state index in [2.05, 4.69) is 15.7 Å². The number of para-hydroxylation sites is 1. The minimum Gasteiger partial charge on any atom is -0.334 e. The molecule has 0 radical (unpaired) electrons. The van der Waals surface area contributed by atoms with Crippen LogP contribution in [0.3, 0.4) is 0 Å². The number of hydrogen-bond acceptors (Lipinski definition) is 2. The monoisotopic (exact) mass is 306 g/mol. The molecule has 5 heteroatoms. The van der Waals surface area contributed by atoms with Gasteiger partial charge in [0.25, 0.3) is 0 Å². The molecule has 5 nitrogen and oxygen atoms in total. The lowest BCUT2D eigenvalue weighted by molar-refractivity contribution is 0.251. The molecule has 116 valence electrons. The van der Waals surface area contributed by atoms with Crippen LogP contribution in [0.4, 0.5) is 10.5 Å². The van der Waals surface area contributed by atoms with Gasteiger partial charge in [-0.2, -0.15) is 5.10 Å². The molecule has 0 fully saturated rings. The molecule has 3 aromatic rings. The number of rotatable bonds is 5. The Hall–Kier alpha value is -3.08. The molecule has 3 rings (SSSR count). The SMILES string of the molecule is O=C(NCc1ccc(Cn2cccn2)cc1)Nc1ccccc1. The summed E-state index contributed by atoms with van der Waals surface area (Å²) in [5.41, 5.74) is 3.00. The van der Waals surface area contributed by atoms with Crippen molar-refractivity contribution >= 4 is 11.7 Å². The third-order valence-corrected chi connectivity index (χ3v) is 3.41. The smallest absolute Gasteiger partial charge is 0.319 e. The van der Waals surface area contributed by atoms with Gasteiger partial charge in [-0.1, -0.05) is 42.5 Å². The standard InChI is InChI=1S/C18H18N4O/c23-18(21-17-5-2-1-3-6-17)19-13-15-7-9-16(10-8-15)14-22-12-4-11-20-22/h1-12H,13-14H2,(H2,19,21,23). The van der Waals surface area contributed by atoms with Gasteiger partial charge in [0.1, 0.15) is 0 Å². The second-order valence-corrected chi connectivity index (χ2v) is 5.19. The van der Waals surface area contributed by atoms with Crippen molar-refractivity contribution in [3.05, 3.63) is 84.2 Å². The molecule has 0 unspecified atom stereocenters. The third kappa shape index (κ3) is 4.44. The van der Waals surface area contributed by atoms with Gasteiger partial charge in [-0.25, -0.2) is 4.79 Å². The summed E-state index contributed by atoms with van der Waals surface area (Å²) in [6.07, 6.45) is 3.70. The Kier molecular flexibility index (Phi) is 4.69. The zero-order valence-electron chi connectivity index (χ0n) is 12.6. The molecule has 23 heavy (non-hydrogen) atoms. The predicted molar refractivity (Wildman–Crippen MR) is 90.1 cm³/mol. The van der Waals surface area contributed by atoms with Crippen molar-refractivity contribution in [2.75, 3.05) is 5.32 Å². The third-order valence-electron chi connectivity index (χ3n) is 3.41. The van der Waals surface area contributed by atoms with Crippen LogP contribution in [-0.4, -0.2) is 15.8 Å². The molecule has 0 aliphatic rings. The molecule has 1 heterocycles. The first-order valence-corrected chi connectivity index (χ1v) is 7.45. The Morgan fingerprint density at radius 2 is 1.70 bits per heavy atom. The van der Waals surface area contributed by atoms with Crippen LogP contribution in [0, 0.1) is 0 Å². The summed E-state index contributed by atoms with van der Waals surface area (Å²) in [7, 11) is 0. The van der Waals surface area contributed by atoms with E-state index in [1.165, 1.54) is 5.56 Å². The van der Waals surface area contributed by atoms with Gasteiger partial charge >= 0.3 is 6.03 Å². The van der Waals surface area contributed by atoms with Crippen LogP contribution < -0.4 is 10.6 Å². The Bertz CT molecular complexity index is 736. The minimum absolute atomic E-state index is 0.211. The summed E-state index contributed by atoms with van der Waals surface area (Å²) < 4.78 is 1.88. The quantitative estimate of drug-likeness (QED) is 0.760. The van der Waals surface area contributed by atoms with E-state index < -0.39 is 0 Å². The predicted octanol–water partition coefficient (Wildman–Crippen LogP) is 3.25. The van der Waals surface area contributed by atoms with Crippen LogP contribution in [0.15, 0.2) is 73.1 Å². The first-order valence-electron chi connectivity index (χ1n) is 7.45. The van der Waals surface area contributed by atoms with E-state index >= 15 is 0 Å². The van der Waals surface area contributed by atoms with Gasteiger partial charge < -0.3 is 10.6 Å². The van der Waals surface area contributed by atoms with E-state index in [1.54, 1.807) is 6.20 Å². The minimum atomic E-state index is -0.211. The summed E-state index contributed by atoms with van der Waals surface area (Å²) in [4.78, 5) is 11.8. The van der Waals surface area contributed by atoms with E-state index in [0.717, 1.165) is 17.8 Å². The first-order chi connectivity index (χ1) is 11.3. The van der Waals surface area contributed by atoms with Crippen molar-refractivity contribution in [3.63, 3.8) is 0 Å². The number of carbonyl (C=O) groups is 1. The zero-order chi connectivity index (χ0) is 15.9. The number of urea groups is 1. The second-order valence-electron chi connectivity index (χ2n) is 5.19. The van der Waals surface area contributed by atoms with Gasteiger partial charge in [-0.3, -0.25) is 4.68 Å². The first kappa shape index (κ1) is 14.8. The number of benzene rings is 2. The highest BCUT2D eigenvalue weighted by atomic mass is 16.2. The van der Waals surface area contributed by atoms with Crippen LogP contribution in [0.25, 0.3) is 0 Å². The molecule has 0 bridgehead atoms. The lowest BCUT2D eigenvalue weighted by Crippen LogP contribution is -2.28. The molecule has 2 N–H and O–H groups in total. The van der Waals surface area contributed by atoms with Crippen LogP contribution in [-0.2, 0) is 13.1 Å². The van der Waals surface area contributed by atoms with Gasteiger partial charge in [0.05, 0.1) is 6.54 Å². The van der Waals surface area contributed by atoms with Crippen LogP contribution >= 0.6 is 0 Å². The van der Waals surface area contributed by atoms with Crippen molar-refractivity contribution in [1.82, 2.24) is 15.1 Å². The topological polar surface area (TPSA) is 59.0 Å². The van der Waals surface area contributed by atoms with Crippen molar-refractivity contribution in [1.29, 1.82) is 0 Å². The normalized spacial score (nSPS) is 10.3. The Morgan fingerprint density at radius 3 is 2.39 bits per heavy atom.